The Morgan fingerprint density at radius 2 is 2.20 bits per heavy atom. The van der Waals surface area contributed by atoms with Crippen molar-refractivity contribution in [3.63, 3.8) is 0 Å². The minimum Gasteiger partial charge on any atom is -0.388 e. The monoisotopic (exact) mass is 285 g/mol. The molecule has 0 aromatic carbocycles. The summed E-state index contributed by atoms with van der Waals surface area (Å²) in [5.74, 6) is 5.63. The van der Waals surface area contributed by atoms with Crippen LogP contribution in [0.2, 0.25) is 0 Å². The predicted molar refractivity (Wildman–Crippen MR) is 74.3 cm³/mol. The number of nitrogens with one attached hydrogen (secondary N) is 2. The molecule has 9 heteroatoms. The summed E-state index contributed by atoms with van der Waals surface area (Å²) >= 11 is 0. The summed E-state index contributed by atoms with van der Waals surface area (Å²) in [6, 6.07) is 2.49. The Hall–Kier alpha value is -1.97. The van der Waals surface area contributed by atoms with Crippen molar-refractivity contribution in [3.05, 3.63) is 22.2 Å². The van der Waals surface area contributed by atoms with Crippen molar-refractivity contribution in [2.45, 2.75) is 18.9 Å². The van der Waals surface area contributed by atoms with Crippen molar-refractivity contribution in [1.82, 2.24) is 4.98 Å². The van der Waals surface area contributed by atoms with Gasteiger partial charge in [-0.3, -0.25) is 10.1 Å². The van der Waals surface area contributed by atoms with E-state index in [0.717, 1.165) is 0 Å². The van der Waals surface area contributed by atoms with Crippen molar-refractivity contribution in [2.24, 2.45) is 5.84 Å². The van der Waals surface area contributed by atoms with Crippen LogP contribution in [0.25, 0.3) is 0 Å². The number of nitrogens with zero attached hydrogens (tertiary/aromatic N) is 2. The maximum Gasteiger partial charge on any atom is 0.276 e. The number of ether oxygens (including phenoxy) is 1. The van der Waals surface area contributed by atoms with Gasteiger partial charge in [-0.1, -0.05) is 0 Å². The van der Waals surface area contributed by atoms with Gasteiger partial charge in [-0.05, 0) is 6.92 Å². The van der Waals surface area contributed by atoms with Gasteiger partial charge in [0.1, 0.15) is 11.6 Å². The highest BCUT2D eigenvalue weighted by molar-refractivity contribution is 5.54. The SMILES string of the molecule is COCCC(C)(O)CNc1cc([N+](=O)[O-])cc(NN)n1. The predicted octanol–water partition coefficient (Wildman–Crippen LogP) is 0.475. The molecule has 0 aliphatic rings. The van der Waals surface area contributed by atoms with Crippen molar-refractivity contribution in [3.8, 4) is 0 Å². The summed E-state index contributed by atoms with van der Waals surface area (Å²) in [6.07, 6.45) is 0.424. The number of rotatable bonds is 8. The fraction of sp³-hybridized carbons (Fsp3) is 0.545. The first kappa shape index (κ1) is 16.1. The number of nitrogens with two attached hydrogens (primary N) is 1. The Bertz CT molecular complexity index is 466. The minimum atomic E-state index is -1.02. The third-order valence-corrected chi connectivity index (χ3v) is 2.66. The van der Waals surface area contributed by atoms with Gasteiger partial charge in [0.05, 0.1) is 22.7 Å². The first-order valence-electron chi connectivity index (χ1n) is 5.96. The molecule has 0 aliphatic carbocycles. The number of pyridine rings is 1. The molecule has 0 saturated carbocycles. The lowest BCUT2D eigenvalue weighted by Gasteiger charge is -2.23. The normalized spacial score (nSPS) is 13.6. The van der Waals surface area contributed by atoms with Gasteiger partial charge in [0, 0.05) is 26.7 Å². The zero-order valence-corrected chi connectivity index (χ0v) is 11.4. The molecule has 0 bridgehead atoms. The molecule has 20 heavy (non-hydrogen) atoms. The molecule has 1 aromatic rings. The highest BCUT2D eigenvalue weighted by Gasteiger charge is 2.20. The molecule has 0 fully saturated rings. The van der Waals surface area contributed by atoms with Crippen LogP contribution in [-0.2, 0) is 4.74 Å². The minimum absolute atomic E-state index is 0.146. The number of methoxy groups -OCH3 is 1. The Labute approximate surface area is 116 Å². The van der Waals surface area contributed by atoms with Crippen LogP contribution in [0.15, 0.2) is 12.1 Å². The highest BCUT2D eigenvalue weighted by Crippen LogP contribution is 2.21. The largest absolute Gasteiger partial charge is 0.388 e. The van der Waals surface area contributed by atoms with Crippen LogP contribution in [0.4, 0.5) is 17.3 Å². The summed E-state index contributed by atoms with van der Waals surface area (Å²) in [7, 11) is 1.55. The van der Waals surface area contributed by atoms with Crippen LogP contribution in [0.3, 0.4) is 0 Å². The molecule has 1 atom stereocenters. The second kappa shape index (κ2) is 6.98. The van der Waals surface area contributed by atoms with E-state index < -0.39 is 10.5 Å². The first-order chi connectivity index (χ1) is 9.38. The fourth-order valence-electron chi connectivity index (χ4n) is 1.48. The fourth-order valence-corrected chi connectivity index (χ4v) is 1.48. The third-order valence-electron chi connectivity index (χ3n) is 2.66. The number of anilines is 2. The summed E-state index contributed by atoms with van der Waals surface area (Å²) in [5.41, 5.74) is 1.09. The lowest BCUT2D eigenvalue weighted by Crippen LogP contribution is -2.34. The summed E-state index contributed by atoms with van der Waals surface area (Å²) < 4.78 is 4.90. The second-order valence-corrected chi connectivity index (χ2v) is 4.59. The maximum absolute atomic E-state index is 10.8. The van der Waals surface area contributed by atoms with Gasteiger partial charge in [0.2, 0.25) is 0 Å². The molecule has 1 heterocycles. The number of hydrogen-bond acceptors (Lipinski definition) is 8. The van der Waals surface area contributed by atoms with Crippen LogP contribution in [0, 0.1) is 10.1 Å². The van der Waals surface area contributed by atoms with E-state index in [9.17, 15) is 15.2 Å². The van der Waals surface area contributed by atoms with Gasteiger partial charge >= 0.3 is 0 Å². The molecule has 112 valence electrons. The lowest BCUT2D eigenvalue weighted by atomic mass is 10.0. The molecule has 0 amide bonds. The Balaban J connectivity index is 2.76. The number of nitrogen functional groups attached to an aromatic ring is 1. The average molecular weight is 285 g/mol. The Morgan fingerprint density at radius 1 is 1.55 bits per heavy atom. The van der Waals surface area contributed by atoms with E-state index >= 15 is 0 Å². The van der Waals surface area contributed by atoms with E-state index in [1.807, 2.05) is 0 Å². The summed E-state index contributed by atoms with van der Waals surface area (Å²) in [5, 5.41) is 23.7. The summed E-state index contributed by atoms with van der Waals surface area (Å²) in [4.78, 5) is 14.3. The van der Waals surface area contributed by atoms with Gasteiger partial charge in [0.25, 0.3) is 5.69 Å². The Kier molecular flexibility index (Phi) is 5.62. The third kappa shape index (κ3) is 4.96. The lowest BCUT2D eigenvalue weighted by molar-refractivity contribution is -0.384. The van der Waals surface area contributed by atoms with Crippen LogP contribution in [-0.4, -0.2) is 40.9 Å². The van der Waals surface area contributed by atoms with Crippen molar-refractivity contribution in [2.75, 3.05) is 31.0 Å². The molecule has 9 nitrogen and oxygen atoms in total. The van der Waals surface area contributed by atoms with Crippen molar-refractivity contribution >= 4 is 17.3 Å². The molecule has 5 N–H and O–H groups in total. The topological polar surface area (TPSA) is 136 Å². The van der Waals surface area contributed by atoms with Crippen LogP contribution < -0.4 is 16.6 Å². The molecule has 1 rings (SSSR count). The molecular formula is C11H19N5O4. The molecule has 0 saturated heterocycles. The van der Waals surface area contributed by atoms with Gasteiger partial charge in [-0.15, -0.1) is 0 Å². The molecule has 0 radical (unpaired) electrons. The van der Waals surface area contributed by atoms with Crippen LogP contribution >= 0.6 is 0 Å². The zero-order chi connectivity index (χ0) is 15.2. The van der Waals surface area contributed by atoms with Crippen LogP contribution in [0.5, 0.6) is 0 Å². The van der Waals surface area contributed by atoms with Gasteiger partial charge in [0.15, 0.2) is 0 Å². The number of aliphatic hydroxyl groups is 1. The van der Waals surface area contributed by atoms with Gasteiger partial charge in [-0.25, -0.2) is 10.8 Å². The summed E-state index contributed by atoms with van der Waals surface area (Å²) in [6.45, 7) is 2.22. The van der Waals surface area contributed by atoms with Crippen LogP contribution in [0.1, 0.15) is 13.3 Å². The van der Waals surface area contributed by atoms with E-state index in [1.165, 1.54) is 12.1 Å². The molecule has 1 unspecified atom stereocenters. The molecule has 0 aliphatic heterocycles. The van der Waals surface area contributed by atoms with E-state index in [1.54, 1.807) is 14.0 Å². The number of aromatic nitrogens is 1. The first-order valence-corrected chi connectivity index (χ1v) is 5.96. The average Bonchev–Trinajstić information content (AvgIpc) is 2.42. The zero-order valence-electron chi connectivity index (χ0n) is 11.4. The van der Waals surface area contributed by atoms with E-state index in [-0.39, 0.29) is 23.9 Å². The van der Waals surface area contributed by atoms with E-state index in [0.29, 0.717) is 13.0 Å². The number of hydrogen-bond donors (Lipinski definition) is 4. The van der Waals surface area contributed by atoms with E-state index in [4.69, 9.17) is 10.6 Å². The molecular weight excluding hydrogens is 266 g/mol. The molecule has 0 spiro atoms. The quantitative estimate of drug-likeness (QED) is 0.307. The second-order valence-electron chi connectivity index (χ2n) is 4.59. The number of hydrazine groups is 1. The van der Waals surface area contributed by atoms with Gasteiger partial charge < -0.3 is 20.6 Å². The molecule has 1 aromatic heterocycles. The van der Waals surface area contributed by atoms with Crippen molar-refractivity contribution in [1.29, 1.82) is 0 Å². The van der Waals surface area contributed by atoms with Crippen molar-refractivity contribution < 1.29 is 14.8 Å². The van der Waals surface area contributed by atoms with Gasteiger partial charge in [-0.2, -0.15) is 0 Å². The number of nitro groups is 1. The van der Waals surface area contributed by atoms with E-state index in [2.05, 4.69) is 15.7 Å². The Morgan fingerprint density at radius 3 is 2.75 bits per heavy atom. The smallest absolute Gasteiger partial charge is 0.276 e. The standard InChI is InChI=1S/C11H19N5O4/c1-11(17,3-4-20-2)7-13-9-5-8(16(18)19)6-10(14-9)15-12/h5-6,17H,3-4,7,12H2,1-2H3,(H2,13,14,15). The maximum atomic E-state index is 10.8. The highest BCUT2D eigenvalue weighted by atomic mass is 16.6.